The zero-order valence-electron chi connectivity index (χ0n) is 15.1. The molecule has 1 unspecified atom stereocenters. The molecule has 0 aliphatic carbocycles. The van der Waals surface area contributed by atoms with E-state index in [9.17, 15) is 0 Å². The predicted molar refractivity (Wildman–Crippen MR) is 93.7 cm³/mol. The summed E-state index contributed by atoms with van der Waals surface area (Å²) in [5.41, 5.74) is 6.02. The molecular weight excluding hydrogens is 260 g/mol. The second-order valence-corrected chi connectivity index (χ2v) is 6.68. The molecule has 0 aromatic heterocycles. The number of hydrogen-bond acceptors (Lipinski definition) is 3. The van der Waals surface area contributed by atoms with E-state index in [0.29, 0.717) is 12.0 Å². The molecule has 0 heterocycles. The maximum Gasteiger partial charge on any atom is 0.0589 e. The van der Waals surface area contributed by atoms with Gasteiger partial charge in [0.05, 0.1) is 6.61 Å². The molecule has 0 amide bonds. The van der Waals surface area contributed by atoms with Crippen LogP contribution in [0.4, 0.5) is 0 Å². The van der Waals surface area contributed by atoms with Crippen molar-refractivity contribution >= 4 is 0 Å². The first-order chi connectivity index (χ1) is 10.2. The predicted octanol–water partition coefficient (Wildman–Crippen LogP) is 4.06. The number of nitrogens with zero attached hydrogens (tertiary/aromatic N) is 1. The summed E-state index contributed by atoms with van der Waals surface area (Å²) in [4.78, 5) is 2.53. The minimum Gasteiger partial charge on any atom is -0.383 e. The fourth-order valence-corrected chi connectivity index (χ4v) is 2.89. The molecule has 0 aliphatic rings. The smallest absolute Gasteiger partial charge is 0.0589 e. The van der Waals surface area contributed by atoms with Crippen LogP contribution in [-0.2, 0) is 4.74 Å². The zero-order valence-corrected chi connectivity index (χ0v) is 15.1. The average Bonchev–Trinajstić information content (AvgIpc) is 2.46. The summed E-state index contributed by atoms with van der Waals surface area (Å²) < 4.78 is 5.25. The molecule has 0 aliphatic heterocycles. The topological polar surface area (TPSA) is 38.5 Å². The van der Waals surface area contributed by atoms with Gasteiger partial charge in [-0.05, 0) is 12.3 Å². The van der Waals surface area contributed by atoms with Gasteiger partial charge in [0.2, 0.25) is 0 Å². The Morgan fingerprint density at radius 2 is 1.62 bits per heavy atom. The minimum absolute atomic E-state index is 0.526. The van der Waals surface area contributed by atoms with Crippen LogP contribution in [0.15, 0.2) is 0 Å². The van der Waals surface area contributed by atoms with Gasteiger partial charge in [-0.1, -0.05) is 65.7 Å². The summed E-state index contributed by atoms with van der Waals surface area (Å²) in [7, 11) is 1.78. The van der Waals surface area contributed by atoms with Crippen LogP contribution in [0, 0.1) is 5.92 Å². The van der Waals surface area contributed by atoms with E-state index < -0.39 is 0 Å². The highest BCUT2D eigenvalue weighted by Crippen LogP contribution is 2.14. The van der Waals surface area contributed by atoms with Crippen molar-refractivity contribution in [2.45, 2.75) is 78.2 Å². The standard InChI is InChI=1S/C18H40N2O/c1-5-6-7-8-9-10-11-12-18(15-19)20(13-14-21-4)16-17(2)3/h17-18H,5-16,19H2,1-4H3. The Hall–Kier alpha value is -0.120. The number of hydrogen-bond donors (Lipinski definition) is 1. The van der Waals surface area contributed by atoms with Crippen LogP contribution in [0.5, 0.6) is 0 Å². The van der Waals surface area contributed by atoms with Crippen LogP contribution in [-0.4, -0.2) is 44.3 Å². The summed E-state index contributed by atoms with van der Waals surface area (Å²) >= 11 is 0. The summed E-state index contributed by atoms with van der Waals surface area (Å²) in [6.45, 7) is 10.5. The van der Waals surface area contributed by atoms with Gasteiger partial charge in [-0.25, -0.2) is 0 Å². The van der Waals surface area contributed by atoms with Crippen molar-refractivity contribution in [2.75, 3.05) is 33.4 Å². The number of nitrogens with two attached hydrogens (primary N) is 1. The maximum absolute atomic E-state index is 6.02. The Kier molecular flexibility index (Phi) is 14.7. The van der Waals surface area contributed by atoms with E-state index in [0.717, 1.165) is 26.2 Å². The molecule has 3 nitrogen and oxygen atoms in total. The lowest BCUT2D eigenvalue weighted by Gasteiger charge is -2.32. The quantitative estimate of drug-likeness (QED) is 0.464. The molecule has 1 atom stereocenters. The minimum atomic E-state index is 0.526. The van der Waals surface area contributed by atoms with Crippen molar-refractivity contribution in [3.8, 4) is 0 Å². The van der Waals surface area contributed by atoms with Gasteiger partial charge < -0.3 is 10.5 Å². The molecule has 128 valence electrons. The van der Waals surface area contributed by atoms with Crippen molar-refractivity contribution in [1.82, 2.24) is 4.90 Å². The van der Waals surface area contributed by atoms with E-state index in [1.165, 1.54) is 51.4 Å². The van der Waals surface area contributed by atoms with Gasteiger partial charge >= 0.3 is 0 Å². The van der Waals surface area contributed by atoms with E-state index in [1.807, 2.05) is 0 Å². The average molecular weight is 301 g/mol. The molecule has 0 saturated heterocycles. The fraction of sp³-hybridized carbons (Fsp3) is 1.00. The third-order valence-corrected chi connectivity index (χ3v) is 4.11. The monoisotopic (exact) mass is 300 g/mol. The second-order valence-electron chi connectivity index (χ2n) is 6.68. The van der Waals surface area contributed by atoms with E-state index in [-0.39, 0.29) is 0 Å². The first-order valence-corrected chi connectivity index (χ1v) is 9.08. The Bertz CT molecular complexity index is 209. The van der Waals surface area contributed by atoms with Crippen molar-refractivity contribution in [1.29, 1.82) is 0 Å². The molecule has 0 spiro atoms. The summed E-state index contributed by atoms with van der Waals surface area (Å²) in [5.74, 6) is 0.685. The molecule has 0 bridgehead atoms. The Labute approximate surface area is 133 Å². The van der Waals surface area contributed by atoms with Crippen molar-refractivity contribution in [3.05, 3.63) is 0 Å². The highest BCUT2D eigenvalue weighted by Gasteiger charge is 2.17. The summed E-state index contributed by atoms with van der Waals surface area (Å²) in [5, 5.41) is 0. The van der Waals surface area contributed by atoms with E-state index in [2.05, 4.69) is 25.7 Å². The van der Waals surface area contributed by atoms with Gasteiger partial charge in [0.1, 0.15) is 0 Å². The van der Waals surface area contributed by atoms with Gasteiger partial charge in [0.15, 0.2) is 0 Å². The highest BCUT2D eigenvalue weighted by molar-refractivity contribution is 4.74. The third-order valence-electron chi connectivity index (χ3n) is 4.11. The number of methoxy groups -OCH3 is 1. The third kappa shape index (κ3) is 12.1. The number of ether oxygens (including phenoxy) is 1. The van der Waals surface area contributed by atoms with Gasteiger partial charge in [-0.3, -0.25) is 4.90 Å². The van der Waals surface area contributed by atoms with Crippen molar-refractivity contribution in [2.24, 2.45) is 11.7 Å². The molecule has 0 fully saturated rings. The lowest BCUT2D eigenvalue weighted by Crippen LogP contribution is -2.44. The molecule has 2 N–H and O–H groups in total. The lowest BCUT2D eigenvalue weighted by atomic mass is 10.0. The van der Waals surface area contributed by atoms with Crippen LogP contribution in [0.1, 0.15) is 72.1 Å². The van der Waals surface area contributed by atoms with Gasteiger partial charge in [0, 0.05) is 32.8 Å². The maximum atomic E-state index is 6.02. The Balaban J connectivity index is 3.94. The van der Waals surface area contributed by atoms with Crippen molar-refractivity contribution < 1.29 is 4.74 Å². The molecular formula is C18H40N2O. The first kappa shape index (κ1) is 20.9. The Morgan fingerprint density at radius 3 is 2.14 bits per heavy atom. The van der Waals surface area contributed by atoms with Gasteiger partial charge in [-0.2, -0.15) is 0 Å². The molecule has 0 rings (SSSR count). The first-order valence-electron chi connectivity index (χ1n) is 9.08. The summed E-state index contributed by atoms with van der Waals surface area (Å²) in [6, 6.07) is 0.526. The summed E-state index contributed by atoms with van der Waals surface area (Å²) in [6.07, 6.45) is 10.8. The van der Waals surface area contributed by atoms with E-state index in [1.54, 1.807) is 7.11 Å². The van der Waals surface area contributed by atoms with Gasteiger partial charge in [-0.15, -0.1) is 0 Å². The number of unbranched alkanes of at least 4 members (excludes halogenated alkanes) is 6. The SMILES string of the molecule is CCCCCCCCCC(CN)N(CCOC)CC(C)C. The van der Waals surface area contributed by atoms with Crippen LogP contribution >= 0.6 is 0 Å². The van der Waals surface area contributed by atoms with E-state index >= 15 is 0 Å². The molecule has 0 saturated carbocycles. The van der Waals surface area contributed by atoms with Crippen LogP contribution in [0.2, 0.25) is 0 Å². The number of rotatable bonds is 15. The lowest BCUT2D eigenvalue weighted by molar-refractivity contribution is 0.107. The normalized spacial score (nSPS) is 13.3. The van der Waals surface area contributed by atoms with E-state index in [4.69, 9.17) is 10.5 Å². The molecule has 21 heavy (non-hydrogen) atoms. The molecule has 0 radical (unpaired) electrons. The van der Waals surface area contributed by atoms with Crippen molar-refractivity contribution in [3.63, 3.8) is 0 Å². The van der Waals surface area contributed by atoms with Crippen LogP contribution < -0.4 is 5.73 Å². The second kappa shape index (κ2) is 14.8. The fourth-order valence-electron chi connectivity index (χ4n) is 2.89. The van der Waals surface area contributed by atoms with Gasteiger partial charge in [0.25, 0.3) is 0 Å². The molecule has 0 aromatic rings. The van der Waals surface area contributed by atoms with Crippen LogP contribution in [0.25, 0.3) is 0 Å². The van der Waals surface area contributed by atoms with Crippen LogP contribution in [0.3, 0.4) is 0 Å². The Morgan fingerprint density at radius 1 is 1.00 bits per heavy atom. The molecule has 3 heteroatoms. The zero-order chi connectivity index (χ0) is 15.9. The molecule has 0 aromatic carbocycles. The largest absolute Gasteiger partial charge is 0.383 e. The highest BCUT2D eigenvalue weighted by atomic mass is 16.5.